The van der Waals surface area contributed by atoms with E-state index < -0.39 is 10.0 Å². The summed E-state index contributed by atoms with van der Waals surface area (Å²) >= 11 is 0. The molecule has 3 heterocycles. The number of rotatable bonds is 3. The normalized spacial score (nSPS) is 30.5. The molecule has 3 aliphatic rings. The van der Waals surface area contributed by atoms with Gasteiger partial charge in [0.15, 0.2) is 0 Å². The summed E-state index contributed by atoms with van der Waals surface area (Å²) in [5.41, 5.74) is 2.10. The monoisotopic (exact) mass is 377 g/mol. The van der Waals surface area contributed by atoms with E-state index in [1.165, 1.54) is 5.57 Å². The Bertz CT molecular complexity index is 800. The Labute approximate surface area is 156 Å². The largest absolute Gasteiger partial charge is 0.380 e. The average molecular weight is 378 g/mol. The molecular formula is C20H27NO4S. The molecule has 2 saturated heterocycles. The van der Waals surface area contributed by atoms with Gasteiger partial charge in [0, 0.05) is 24.6 Å². The van der Waals surface area contributed by atoms with Crippen LogP contribution >= 0.6 is 0 Å². The van der Waals surface area contributed by atoms with Crippen LogP contribution in [0.25, 0.3) is 0 Å². The molecule has 0 radical (unpaired) electrons. The molecule has 142 valence electrons. The Morgan fingerprint density at radius 1 is 1.23 bits per heavy atom. The van der Waals surface area contributed by atoms with Gasteiger partial charge in [-0.25, -0.2) is 8.42 Å². The van der Waals surface area contributed by atoms with Crippen LogP contribution in [0.3, 0.4) is 0 Å². The number of ether oxygens (including phenoxy) is 2. The van der Waals surface area contributed by atoms with Gasteiger partial charge >= 0.3 is 0 Å². The molecule has 2 atom stereocenters. The molecule has 1 aromatic carbocycles. The molecule has 3 aliphatic heterocycles. The highest BCUT2D eigenvalue weighted by Gasteiger charge is 2.52. The zero-order chi connectivity index (χ0) is 18.2. The molecule has 0 saturated carbocycles. The average Bonchev–Trinajstić information content (AvgIpc) is 2.68. The van der Waals surface area contributed by atoms with Gasteiger partial charge in [-0.1, -0.05) is 23.8 Å². The van der Waals surface area contributed by atoms with Crippen molar-refractivity contribution in [1.29, 1.82) is 0 Å². The fourth-order valence-electron chi connectivity index (χ4n) is 4.83. The maximum Gasteiger partial charge on any atom is 0.243 e. The van der Waals surface area contributed by atoms with Crippen LogP contribution in [-0.2, 0) is 19.5 Å². The lowest BCUT2D eigenvalue weighted by Crippen LogP contribution is -2.59. The van der Waals surface area contributed by atoms with E-state index in [2.05, 4.69) is 6.08 Å². The molecule has 5 nitrogen and oxygen atoms in total. The van der Waals surface area contributed by atoms with E-state index in [-0.39, 0.29) is 11.5 Å². The molecule has 0 spiro atoms. The molecule has 0 N–H and O–H groups in total. The summed E-state index contributed by atoms with van der Waals surface area (Å²) in [6.45, 7) is 5.09. The third-order valence-corrected chi connectivity index (χ3v) is 7.99. The number of hydrogen-bond acceptors (Lipinski definition) is 4. The standard InChI is InChI=1S/C20H27NO4S/c1-16-4-2-5-18(14-16)26(22,23)21-10-3-9-20(15-25-13-8-19(20)21)17-6-11-24-12-7-17/h2,4-6,14,19H,3,7-13,15H2,1H3/t19-,20-/m0/s1. The number of hydrogen-bond donors (Lipinski definition) is 0. The van der Waals surface area contributed by atoms with E-state index in [4.69, 9.17) is 9.47 Å². The topological polar surface area (TPSA) is 55.8 Å². The lowest BCUT2D eigenvalue weighted by Gasteiger charge is -2.53. The maximum atomic E-state index is 13.5. The van der Waals surface area contributed by atoms with Crippen molar-refractivity contribution in [2.24, 2.45) is 5.41 Å². The Balaban J connectivity index is 1.74. The van der Waals surface area contributed by atoms with Gasteiger partial charge in [-0.2, -0.15) is 4.31 Å². The van der Waals surface area contributed by atoms with E-state index in [1.807, 2.05) is 19.1 Å². The predicted molar refractivity (Wildman–Crippen MR) is 99.5 cm³/mol. The molecule has 6 heteroatoms. The third kappa shape index (κ3) is 3.03. The Morgan fingerprint density at radius 3 is 2.88 bits per heavy atom. The molecular weight excluding hydrogens is 350 g/mol. The number of fused-ring (bicyclic) bond motifs is 1. The van der Waals surface area contributed by atoms with Crippen molar-refractivity contribution in [1.82, 2.24) is 4.31 Å². The summed E-state index contributed by atoms with van der Waals surface area (Å²) in [6.07, 6.45) is 5.64. The number of nitrogens with zero attached hydrogens (tertiary/aromatic N) is 1. The first-order valence-electron chi connectivity index (χ1n) is 9.48. The van der Waals surface area contributed by atoms with Gasteiger partial charge in [-0.05, 0) is 50.3 Å². The molecule has 26 heavy (non-hydrogen) atoms. The van der Waals surface area contributed by atoms with E-state index in [0.717, 1.165) is 31.2 Å². The van der Waals surface area contributed by atoms with Crippen LogP contribution in [0.2, 0.25) is 0 Å². The van der Waals surface area contributed by atoms with Gasteiger partial charge in [0.05, 0.1) is 24.7 Å². The second-order valence-electron chi connectivity index (χ2n) is 7.60. The van der Waals surface area contributed by atoms with Gasteiger partial charge in [0.25, 0.3) is 0 Å². The van der Waals surface area contributed by atoms with Crippen molar-refractivity contribution in [3.63, 3.8) is 0 Å². The van der Waals surface area contributed by atoms with Crippen molar-refractivity contribution in [2.45, 2.75) is 43.5 Å². The van der Waals surface area contributed by atoms with Gasteiger partial charge in [0.1, 0.15) is 0 Å². The van der Waals surface area contributed by atoms with Crippen molar-refractivity contribution in [3.8, 4) is 0 Å². The summed E-state index contributed by atoms with van der Waals surface area (Å²) in [5.74, 6) is 0. The number of sulfonamides is 1. The van der Waals surface area contributed by atoms with Gasteiger partial charge in [-0.15, -0.1) is 0 Å². The molecule has 0 aromatic heterocycles. The van der Waals surface area contributed by atoms with Gasteiger partial charge in [-0.3, -0.25) is 0 Å². The van der Waals surface area contributed by atoms with E-state index >= 15 is 0 Å². The van der Waals surface area contributed by atoms with Gasteiger partial charge < -0.3 is 9.47 Å². The quantitative estimate of drug-likeness (QED) is 0.760. The second-order valence-corrected chi connectivity index (χ2v) is 9.49. The lowest BCUT2D eigenvalue weighted by atomic mass is 9.66. The first kappa shape index (κ1) is 18.2. The minimum atomic E-state index is -3.51. The summed E-state index contributed by atoms with van der Waals surface area (Å²) in [4.78, 5) is 0.403. The molecule has 0 amide bonds. The highest BCUT2D eigenvalue weighted by Crippen LogP contribution is 2.49. The fourth-order valence-corrected chi connectivity index (χ4v) is 6.70. The summed E-state index contributed by atoms with van der Waals surface area (Å²) < 4.78 is 40.1. The Morgan fingerprint density at radius 2 is 2.12 bits per heavy atom. The van der Waals surface area contributed by atoms with Crippen LogP contribution in [0.15, 0.2) is 40.8 Å². The zero-order valence-electron chi connectivity index (χ0n) is 15.3. The summed E-state index contributed by atoms with van der Waals surface area (Å²) in [5, 5.41) is 0. The highest BCUT2D eigenvalue weighted by atomic mass is 32.2. The van der Waals surface area contributed by atoms with Crippen LogP contribution in [0.4, 0.5) is 0 Å². The number of benzene rings is 1. The molecule has 1 aromatic rings. The smallest absolute Gasteiger partial charge is 0.243 e. The minimum absolute atomic E-state index is 0.0279. The van der Waals surface area contributed by atoms with Crippen molar-refractivity contribution in [2.75, 3.05) is 33.0 Å². The fraction of sp³-hybridized carbons (Fsp3) is 0.600. The maximum absolute atomic E-state index is 13.5. The third-order valence-electron chi connectivity index (χ3n) is 6.08. The van der Waals surface area contributed by atoms with E-state index in [0.29, 0.717) is 37.9 Å². The van der Waals surface area contributed by atoms with E-state index in [1.54, 1.807) is 16.4 Å². The molecule has 0 aliphatic carbocycles. The summed E-state index contributed by atoms with van der Waals surface area (Å²) in [6, 6.07) is 7.22. The van der Waals surface area contributed by atoms with Gasteiger partial charge in [0.2, 0.25) is 10.0 Å². The van der Waals surface area contributed by atoms with Crippen molar-refractivity contribution >= 4 is 10.0 Å². The molecule has 0 unspecified atom stereocenters. The van der Waals surface area contributed by atoms with E-state index in [9.17, 15) is 8.42 Å². The minimum Gasteiger partial charge on any atom is -0.380 e. The first-order valence-corrected chi connectivity index (χ1v) is 10.9. The summed E-state index contributed by atoms with van der Waals surface area (Å²) in [7, 11) is -3.51. The van der Waals surface area contributed by atoms with Crippen LogP contribution in [0.1, 0.15) is 31.2 Å². The van der Waals surface area contributed by atoms with Crippen LogP contribution in [0, 0.1) is 12.3 Å². The Hall–Kier alpha value is -1.21. The zero-order valence-corrected chi connectivity index (χ0v) is 16.1. The van der Waals surface area contributed by atoms with Crippen LogP contribution < -0.4 is 0 Å². The molecule has 2 fully saturated rings. The van der Waals surface area contributed by atoms with Crippen LogP contribution in [0.5, 0.6) is 0 Å². The predicted octanol–water partition coefficient (Wildman–Crippen LogP) is 2.90. The highest BCUT2D eigenvalue weighted by molar-refractivity contribution is 7.89. The molecule has 0 bridgehead atoms. The SMILES string of the molecule is Cc1cccc(S(=O)(=O)N2CCC[C@@]3(C4=CCOCC4)COCC[C@H]23)c1. The van der Waals surface area contributed by atoms with Crippen molar-refractivity contribution < 1.29 is 17.9 Å². The molecule has 4 rings (SSSR count). The first-order chi connectivity index (χ1) is 12.5. The number of piperidine rings is 1. The van der Waals surface area contributed by atoms with Crippen LogP contribution in [-0.4, -0.2) is 51.7 Å². The second kappa shape index (κ2) is 7.08. The lowest BCUT2D eigenvalue weighted by molar-refractivity contribution is -0.0605. The number of aryl methyl sites for hydroxylation is 1. The van der Waals surface area contributed by atoms with Crippen molar-refractivity contribution in [3.05, 3.63) is 41.5 Å². The Kier molecular flexibility index (Phi) is 4.94.